The number of rotatable bonds is 3. The van der Waals surface area contributed by atoms with Crippen molar-refractivity contribution in [2.24, 2.45) is 11.3 Å². The van der Waals surface area contributed by atoms with Gasteiger partial charge in [0, 0.05) is 35.7 Å². The van der Waals surface area contributed by atoms with E-state index in [0.29, 0.717) is 11.3 Å². The summed E-state index contributed by atoms with van der Waals surface area (Å²) in [6, 6.07) is 7.96. The lowest BCUT2D eigenvalue weighted by Gasteiger charge is -2.34. The number of nitrogens with one attached hydrogen (secondary N) is 1. The van der Waals surface area contributed by atoms with E-state index in [9.17, 15) is 4.79 Å². The minimum Gasteiger partial charge on any atom is -0.378 e. The van der Waals surface area contributed by atoms with Crippen LogP contribution in [0.4, 0.5) is 11.4 Å². The van der Waals surface area contributed by atoms with Gasteiger partial charge in [-0.05, 0) is 60.4 Å². The molecule has 1 atom stereocenters. The van der Waals surface area contributed by atoms with Gasteiger partial charge in [-0.15, -0.1) is 11.3 Å². The van der Waals surface area contributed by atoms with Gasteiger partial charge in [-0.2, -0.15) is 0 Å². The van der Waals surface area contributed by atoms with Crippen molar-refractivity contribution in [3.8, 4) is 0 Å². The smallest absolute Gasteiger partial charge is 0.256 e. The van der Waals surface area contributed by atoms with E-state index in [2.05, 4.69) is 26.1 Å². The van der Waals surface area contributed by atoms with Crippen LogP contribution >= 0.6 is 11.3 Å². The van der Waals surface area contributed by atoms with Gasteiger partial charge < -0.3 is 10.2 Å². The summed E-state index contributed by atoms with van der Waals surface area (Å²) in [5.41, 5.74) is 4.44. The Kier molecular flexibility index (Phi) is 4.92. The van der Waals surface area contributed by atoms with Crippen LogP contribution in [-0.2, 0) is 12.8 Å². The molecular weight excluding hydrogens is 328 g/mol. The molecule has 25 heavy (non-hydrogen) atoms. The second-order valence-electron chi connectivity index (χ2n) is 8.25. The molecule has 0 spiro atoms. The van der Waals surface area contributed by atoms with Crippen molar-refractivity contribution in [2.45, 2.75) is 40.0 Å². The van der Waals surface area contributed by atoms with E-state index in [1.807, 2.05) is 48.6 Å². The number of benzene rings is 1. The molecule has 3 rings (SSSR count). The monoisotopic (exact) mass is 356 g/mol. The van der Waals surface area contributed by atoms with Crippen LogP contribution in [0.25, 0.3) is 0 Å². The first-order valence-corrected chi connectivity index (χ1v) is 9.81. The fourth-order valence-corrected chi connectivity index (χ4v) is 4.64. The highest BCUT2D eigenvalue weighted by molar-refractivity contribution is 7.10. The Hall–Kier alpha value is -1.81. The molecule has 1 amide bonds. The van der Waals surface area contributed by atoms with Gasteiger partial charge in [0.15, 0.2) is 0 Å². The molecule has 2 aromatic rings. The van der Waals surface area contributed by atoms with Gasteiger partial charge in [-0.1, -0.05) is 20.8 Å². The van der Waals surface area contributed by atoms with Crippen LogP contribution in [0.15, 0.2) is 29.6 Å². The van der Waals surface area contributed by atoms with E-state index >= 15 is 0 Å². The molecule has 0 bridgehead atoms. The minimum atomic E-state index is 0.0179. The molecule has 0 radical (unpaired) electrons. The topological polar surface area (TPSA) is 32.3 Å². The molecule has 1 heterocycles. The average molecular weight is 357 g/mol. The van der Waals surface area contributed by atoms with E-state index in [1.54, 1.807) is 11.3 Å². The zero-order valence-corrected chi connectivity index (χ0v) is 16.7. The minimum absolute atomic E-state index is 0.0179. The van der Waals surface area contributed by atoms with Crippen LogP contribution in [0, 0.1) is 11.3 Å². The summed E-state index contributed by atoms with van der Waals surface area (Å²) < 4.78 is 0. The van der Waals surface area contributed by atoms with Crippen LogP contribution in [0.5, 0.6) is 0 Å². The molecule has 0 saturated heterocycles. The van der Waals surface area contributed by atoms with E-state index < -0.39 is 0 Å². The third-order valence-electron chi connectivity index (χ3n) is 5.27. The Bertz CT molecular complexity index is 753. The van der Waals surface area contributed by atoms with Crippen LogP contribution in [0.2, 0.25) is 0 Å². The standard InChI is InChI=1S/C21H28N2OS/c1-21(2,3)14-6-11-17-18(13-25-19(17)12-14)20(24)22-15-7-9-16(10-8-15)23(4)5/h7-10,13-14H,6,11-12H2,1-5H3,(H,22,24). The SMILES string of the molecule is CN(C)c1ccc(NC(=O)c2csc3c2CCC(C(C)(C)C)C3)cc1. The molecule has 1 aliphatic rings. The quantitative estimate of drug-likeness (QED) is 0.818. The summed E-state index contributed by atoms with van der Waals surface area (Å²) in [4.78, 5) is 16.2. The summed E-state index contributed by atoms with van der Waals surface area (Å²) in [7, 11) is 4.02. The lowest BCUT2D eigenvalue weighted by molar-refractivity contribution is 0.102. The van der Waals surface area contributed by atoms with Crippen LogP contribution in [-0.4, -0.2) is 20.0 Å². The van der Waals surface area contributed by atoms with Crippen molar-refractivity contribution in [3.05, 3.63) is 45.6 Å². The maximum atomic E-state index is 12.7. The fraction of sp³-hybridized carbons (Fsp3) is 0.476. The molecule has 0 fully saturated rings. The van der Waals surface area contributed by atoms with E-state index in [4.69, 9.17) is 0 Å². The highest BCUT2D eigenvalue weighted by Crippen LogP contribution is 2.40. The molecule has 4 heteroatoms. The number of hydrogen-bond acceptors (Lipinski definition) is 3. The Morgan fingerprint density at radius 1 is 1.20 bits per heavy atom. The highest BCUT2D eigenvalue weighted by atomic mass is 32.1. The summed E-state index contributed by atoms with van der Waals surface area (Å²) in [5.74, 6) is 0.720. The van der Waals surface area contributed by atoms with Gasteiger partial charge in [0.25, 0.3) is 5.91 Å². The van der Waals surface area contributed by atoms with Crippen molar-refractivity contribution in [1.29, 1.82) is 0 Å². The Morgan fingerprint density at radius 2 is 1.88 bits per heavy atom. The van der Waals surface area contributed by atoms with Gasteiger partial charge in [0.05, 0.1) is 5.56 Å². The van der Waals surface area contributed by atoms with Gasteiger partial charge in [-0.25, -0.2) is 0 Å². The highest BCUT2D eigenvalue weighted by Gasteiger charge is 2.31. The molecule has 1 N–H and O–H groups in total. The number of hydrogen-bond donors (Lipinski definition) is 1. The predicted octanol–water partition coefficient (Wildman–Crippen LogP) is 5.22. The average Bonchev–Trinajstić information content (AvgIpc) is 2.97. The van der Waals surface area contributed by atoms with E-state index in [1.165, 1.54) is 16.9 Å². The van der Waals surface area contributed by atoms with Crippen molar-refractivity contribution in [2.75, 3.05) is 24.3 Å². The first-order chi connectivity index (χ1) is 11.8. The van der Waals surface area contributed by atoms with Crippen LogP contribution < -0.4 is 10.2 Å². The van der Waals surface area contributed by atoms with Crippen LogP contribution in [0.1, 0.15) is 48.0 Å². The van der Waals surface area contributed by atoms with Gasteiger partial charge in [0.2, 0.25) is 0 Å². The second kappa shape index (κ2) is 6.83. The number of carbonyl (C=O) groups excluding carboxylic acids is 1. The molecule has 1 aromatic carbocycles. The zero-order valence-electron chi connectivity index (χ0n) is 15.8. The molecule has 0 saturated carbocycles. The predicted molar refractivity (Wildman–Crippen MR) is 108 cm³/mol. The molecule has 1 aromatic heterocycles. The van der Waals surface area contributed by atoms with Crippen molar-refractivity contribution >= 4 is 28.6 Å². The third kappa shape index (κ3) is 3.90. The fourth-order valence-electron chi connectivity index (χ4n) is 3.48. The molecule has 1 unspecified atom stereocenters. The van der Waals surface area contributed by atoms with Crippen molar-refractivity contribution < 1.29 is 4.79 Å². The van der Waals surface area contributed by atoms with E-state index in [0.717, 1.165) is 29.8 Å². The number of carbonyl (C=O) groups is 1. The zero-order chi connectivity index (χ0) is 18.2. The van der Waals surface area contributed by atoms with Gasteiger partial charge in [0.1, 0.15) is 0 Å². The first-order valence-electron chi connectivity index (χ1n) is 8.93. The number of nitrogens with zero attached hydrogens (tertiary/aromatic N) is 1. The number of fused-ring (bicyclic) bond motifs is 1. The lowest BCUT2D eigenvalue weighted by atomic mass is 9.72. The maximum absolute atomic E-state index is 12.7. The largest absolute Gasteiger partial charge is 0.378 e. The van der Waals surface area contributed by atoms with Gasteiger partial charge in [-0.3, -0.25) is 4.79 Å². The number of amides is 1. The Balaban J connectivity index is 1.73. The Morgan fingerprint density at radius 3 is 2.48 bits per heavy atom. The molecule has 3 nitrogen and oxygen atoms in total. The molecule has 1 aliphatic carbocycles. The molecule has 134 valence electrons. The molecule has 0 aliphatic heterocycles. The van der Waals surface area contributed by atoms with Crippen LogP contribution in [0.3, 0.4) is 0 Å². The number of thiophene rings is 1. The summed E-state index contributed by atoms with van der Waals surface area (Å²) in [6.45, 7) is 6.96. The number of anilines is 2. The second-order valence-corrected chi connectivity index (χ2v) is 9.22. The molecular formula is C21H28N2OS. The first kappa shape index (κ1) is 18.0. The normalized spacial score (nSPS) is 17.1. The summed E-state index contributed by atoms with van der Waals surface area (Å²) in [6.07, 6.45) is 3.29. The van der Waals surface area contributed by atoms with Crippen molar-refractivity contribution in [1.82, 2.24) is 0 Å². The van der Waals surface area contributed by atoms with E-state index in [-0.39, 0.29) is 5.91 Å². The lowest BCUT2D eigenvalue weighted by Crippen LogP contribution is -2.27. The third-order valence-corrected chi connectivity index (χ3v) is 6.32. The summed E-state index contributed by atoms with van der Waals surface area (Å²) >= 11 is 1.75. The summed E-state index contributed by atoms with van der Waals surface area (Å²) in [5, 5.41) is 5.09. The Labute approximate surface area is 155 Å². The van der Waals surface area contributed by atoms with Crippen molar-refractivity contribution in [3.63, 3.8) is 0 Å². The van der Waals surface area contributed by atoms with Gasteiger partial charge >= 0.3 is 0 Å². The maximum Gasteiger partial charge on any atom is 0.256 e.